The number of para-hydroxylation sites is 1. The molecule has 0 aliphatic carbocycles. The van der Waals surface area contributed by atoms with Crippen molar-refractivity contribution in [1.82, 2.24) is 5.32 Å². The Labute approximate surface area is 181 Å². The van der Waals surface area contributed by atoms with Crippen LogP contribution in [0, 0.1) is 0 Å². The molecule has 3 aromatic rings. The van der Waals surface area contributed by atoms with Crippen molar-refractivity contribution in [2.24, 2.45) is 0 Å². The van der Waals surface area contributed by atoms with E-state index in [9.17, 15) is 14.7 Å². The monoisotopic (exact) mass is 467 g/mol. The summed E-state index contributed by atoms with van der Waals surface area (Å²) >= 11 is 3.42. The Morgan fingerprint density at radius 1 is 0.967 bits per heavy atom. The van der Waals surface area contributed by atoms with E-state index in [1.807, 2.05) is 24.3 Å². The number of carbonyl (C=O) groups excluding carboxylic acids is 1. The summed E-state index contributed by atoms with van der Waals surface area (Å²) in [5.74, 6) is -0.0331. The molecule has 0 unspecified atom stereocenters. The molecule has 0 bridgehead atoms. The van der Waals surface area contributed by atoms with Gasteiger partial charge in [-0.05, 0) is 70.0 Å². The SMILES string of the molecule is COc1cccc(C(=O)N/C(=C\c2ccc(Oc3ccccc3Br)cc2)C(=O)O)c1. The number of carboxylic acid groups (broad SMARTS) is 1. The van der Waals surface area contributed by atoms with Gasteiger partial charge in [-0.25, -0.2) is 4.79 Å². The van der Waals surface area contributed by atoms with Crippen LogP contribution in [0.1, 0.15) is 15.9 Å². The number of hydrogen-bond donors (Lipinski definition) is 2. The molecule has 1 amide bonds. The van der Waals surface area contributed by atoms with Crippen LogP contribution in [-0.4, -0.2) is 24.1 Å². The average Bonchev–Trinajstić information content (AvgIpc) is 2.76. The molecule has 0 aromatic heterocycles. The highest BCUT2D eigenvalue weighted by atomic mass is 79.9. The summed E-state index contributed by atoms with van der Waals surface area (Å²) in [6.45, 7) is 0. The molecule has 0 saturated heterocycles. The van der Waals surface area contributed by atoms with Crippen LogP contribution in [0.3, 0.4) is 0 Å². The molecule has 3 aromatic carbocycles. The molecule has 6 nitrogen and oxygen atoms in total. The minimum absolute atomic E-state index is 0.248. The zero-order chi connectivity index (χ0) is 21.5. The van der Waals surface area contributed by atoms with Gasteiger partial charge >= 0.3 is 5.97 Å². The summed E-state index contributed by atoms with van der Waals surface area (Å²) in [6, 6.07) is 20.7. The maximum atomic E-state index is 12.4. The van der Waals surface area contributed by atoms with E-state index in [1.165, 1.54) is 19.3 Å². The van der Waals surface area contributed by atoms with Gasteiger partial charge in [0.05, 0.1) is 11.6 Å². The van der Waals surface area contributed by atoms with E-state index in [2.05, 4.69) is 21.2 Å². The average molecular weight is 468 g/mol. The largest absolute Gasteiger partial charge is 0.497 e. The van der Waals surface area contributed by atoms with Gasteiger partial charge in [-0.15, -0.1) is 0 Å². The number of nitrogens with one attached hydrogen (secondary N) is 1. The lowest BCUT2D eigenvalue weighted by Gasteiger charge is -2.09. The third-order valence-electron chi connectivity index (χ3n) is 4.07. The second-order valence-corrected chi connectivity index (χ2v) is 7.01. The number of benzene rings is 3. The molecule has 0 atom stereocenters. The third kappa shape index (κ3) is 5.48. The molecule has 0 fully saturated rings. The van der Waals surface area contributed by atoms with Gasteiger partial charge in [0.1, 0.15) is 22.9 Å². The number of rotatable bonds is 7. The van der Waals surface area contributed by atoms with Crippen molar-refractivity contribution in [3.8, 4) is 17.2 Å². The Bertz CT molecular complexity index is 1090. The fourth-order valence-corrected chi connectivity index (χ4v) is 2.93. The first-order valence-electron chi connectivity index (χ1n) is 8.89. The molecule has 2 N–H and O–H groups in total. The van der Waals surface area contributed by atoms with Crippen LogP contribution in [0.25, 0.3) is 6.08 Å². The lowest BCUT2D eigenvalue weighted by Crippen LogP contribution is -2.27. The van der Waals surface area contributed by atoms with E-state index in [4.69, 9.17) is 9.47 Å². The van der Waals surface area contributed by atoms with E-state index in [-0.39, 0.29) is 5.70 Å². The van der Waals surface area contributed by atoms with E-state index in [0.29, 0.717) is 28.4 Å². The van der Waals surface area contributed by atoms with Crippen molar-refractivity contribution < 1.29 is 24.2 Å². The standard InChI is InChI=1S/C23H18BrNO5/c1-29-18-6-4-5-16(14-18)22(26)25-20(23(27)28)13-15-9-11-17(12-10-15)30-21-8-3-2-7-19(21)24/h2-14H,1H3,(H,25,26)(H,27,28)/b20-13-. The molecular formula is C23H18BrNO5. The zero-order valence-electron chi connectivity index (χ0n) is 16.0. The van der Waals surface area contributed by atoms with Crippen LogP contribution in [-0.2, 0) is 4.79 Å². The first-order valence-corrected chi connectivity index (χ1v) is 9.68. The topological polar surface area (TPSA) is 84.9 Å². The van der Waals surface area contributed by atoms with Gasteiger partial charge in [-0.1, -0.05) is 30.3 Å². The van der Waals surface area contributed by atoms with Crippen LogP contribution in [0.5, 0.6) is 17.2 Å². The summed E-state index contributed by atoms with van der Waals surface area (Å²) in [4.78, 5) is 24.0. The number of ether oxygens (including phenoxy) is 2. The molecule has 0 radical (unpaired) electrons. The second-order valence-electron chi connectivity index (χ2n) is 6.15. The van der Waals surface area contributed by atoms with E-state index in [1.54, 1.807) is 42.5 Å². The maximum Gasteiger partial charge on any atom is 0.352 e. The first-order chi connectivity index (χ1) is 14.5. The van der Waals surface area contributed by atoms with Gasteiger partial charge in [0.25, 0.3) is 5.91 Å². The Morgan fingerprint density at radius 2 is 1.70 bits per heavy atom. The number of halogens is 1. The minimum atomic E-state index is -1.25. The Morgan fingerprint density at radius 3 is 2.37 bits per heavy atom. The number of amides is 1. The number of carbonyl (C=O) groups is 2. The molecule has 0 heterocycles. The number of aliphatic carboxylic acids is 1. The molecule has 3 rings (SSSR count). The van der Waals surface area contributed by atoms with Gasteiger partial charge < -0.3 is 19.9 Å². The first kappa shape index (κ1) is 21.1. The van der Waals surface area contributed by atoms with E-state index in [0.717, 1.165) is 4.47 Å². The Balaban J connectivity index is 1.75. The highest BCUT2D eigenvalue weighted by molar-refractivity contribution is 9.10. The zero-order valence-corrected chi connectivity index (χ0v) is 17.5. The van der Waals surface area contributed by atoms with Crippen LogP contribution in [0.2, 0.25) is 0 Å². The maximum absolute atomic E-state index is 12.4. The van der Waals surface area contributed by atoms with E-state index >= 15 is 0 Å². The van der Waals surface area contributed by atoms with E-state index < -0.39 is 11.9 Å². The van der Waals surface area contributed by atoms with Gasteiger partial charge in [0.15, 0.2) is 0 Å². The number of hydrogen-bond acceptors (Lipinski definition) is 4. The van der Waals surface area contributed by atoms with Gasteiger partial charge in [0, 0.05) is 5.56 Å². The summed E-state index contributed by atoms with van der Waals surface area (Å²) in [6.07, 6.45) is 1.38. The highest BCUT2D eigenvalue weighted by Crippen LogP contribution is 2.29. The quantitative estimate of drug-likeness (QED) is 0.471. The Kier molecular flexibility index (Phi) is 6.87. The molecule has 0 saturated carbocycles. The third-order valence-corrected chi connectivity index (χ3v) is 4.72. The highest BCUT2D eigenvalue weighted by Gasteiger charge is 2.14. The molecule has 0 aliphatic rings. The van der Waals surface area contributed by atoms with Crippen molar-refractivity contribution in [3.63, 3.8) is 0 Å². The smallest absolute Gasteiger partial charge is 0.352 e. The lowest BCUT2D eigenvalue weighted by atomic mass is 10.1. The Hall–Kier alpha value is -3.58. The number of methoxy groups -OCH3 is 1. The van der Waals surface area contributed by atoms with Gasteiger partial charge in [-0.3, -0.25) is 4.79 Å². The molecule has 0 spiro atoms. The van der Waals surface area contributed by atoms with Crippen molar-refractivity contribution >= 4 is 33.9 Å². The summed E-state index contributed by atoms with van der Waals surface area (Å²) in [5.41, 5.74) is 0.638. The van der Waals surface area contributed by atoms with Crippen molar-refractivity contribution in [2.45, 2.75) is 0 Å². The normalized spacial score (nSPS) is 10.9. The van der Waals surface area contributed by atoms with Crippen LogP contribution >= 0.6 is 15.9 Å². The predicted octanol–water partition coefficient (Wildman–Crippen LogP) is 5.11. The van der Waals surface area contributed by atoms with Gasteiger partial charge in [0.2, 0.25) is 0 Å². The molecule has 152 valence electrons. The molecule has 7 heteroatoms. The summed E-state index contributed by atoms with van der Waals surface area (Å²) in [5, 5.41) is 11.9. The lowest BCUT2D eigenvalue weighted by molar-refractivity contribution is -0.132. The molecule has 30 heavy (non-hydrogen) atoms. The summed E-state index contributed by atoms with van der Waals surface area (Å²) in [7, 11) is 1.49. The van der Waals surface area contributed by atoms with Crippen molar-refractivity contribution in [2.75, 3.05) is 7.11 Å². The van der Waals surface area contributed by atoms with Crippen LogP contribution < -0.4 is 14.8 Å². The van der Waals surface area contributed by atoms with Crippen molar-refractivity contribution in [1.29, 1.82) is 0 Å². The summed E-state index contributed by atoms with van der Waals surface area (Å²) < 4.78 is 11.7. The number of carboxylic acids is 1. The molecular weight excluding hydrogens is 450 g/mol. The minimum Gasteiger partial charge on any atom is -0.497 e. The predicted molar refractivity (Wildman–Crippen MR) is 117 cm³/mol. The van der Waals surface area contributed by atoms with Crippen LogP contribution in [0.15, 0.2) is 83.0 Å². The van der Waals surface area contributed by atoms with Crippen molar-refractivity contribution in [3.05, 3.63) is 94.1 Å². The fraction of sp³-hybridized carbons (Fsp3) is 0.0435. The molecule has 0 aliphatic heterocycles. The van der Waals surface area contributed by atoms with Gasteiger partial charge in [-0.2, -0.15) is 0 Å². The fourth-order valence-electron chi connectivity index (χ4n) is 2.56. The second kappa shape index (κ2) is 9.76. The van der Waals surface area contributed by atoms with Crippen LogP contribution in [0.4, 0.5) is 0 Å².